The summed E-state index contributed by atoms with van der Waals surface area (Å²) in [6.45, 7) is 8.50. The van der Waals surface area contributed by atoms with Crippen molar-refractivity contribution in [2.24, 2.45) is 0 Å². The summed E-state index contributed by atoms with van der Waals surface area (Å²) in [6, 6.07) is 0. The normalized spacial score (nSPS) is 12.0. The molecule has 0 aliphatic carbocycles. The summed E-state index contributed by atoms with van der Waals surface area (Å²) < 4.78 is 2.01. The van der Waals surface area contributed by atoms with E-state index in [1.807, 2.05) is 17.7 Å². The van der Waals surface area contributed by atoms with Crippen LogP contribution in [0.15, 0.2) is 17.8 Å². The van der Waals surface area contributed by atoms with Gasteiger partial charge in [-0.3, -0.25) is 4.57 Å². The molecule has 0 saturated heterocycles. The largest absolute Gasteiger partial charge is 0.279 e. The Balaban J connectivity index is 2.41. The van der Waals surface area contributed by atoms with E-state index in [0.29, 0.717) is 0 Å². The highest BCUT2D eigenvalue weighted by Gasteiger charge is 2.18. The van der Waals surface area contributed by atoms with Crippen LogP contribution >= 0.6 is 11.3 Å². The molecule has 0 aromatic carbocycles. The van der Waals surface area contributed by atoms with Gasteiger partial charge in [0.2, 0.25) is 0 Å². The smallest absolute Gasteiger partial charge is 0.195 e. The van der Waals surface area contributed by atoms with Crippen molar-refractivity contribution < 1.29 is 0 Å². The molecule has 2 aromatic rings. The van der Waals surface area contributed by atoms with Gasteiger partial charge >= 0.3 is 0 Å². The highest BCUT2D eigenvalue weighted by molar-refractivity contribution is 7.12. The lowest BCUT2D eigenvalue weighted by Gasteiger charge is -2.14. The summed E-state index contributed by atoms with van der Waals surface area (Å²) in [7, 11) is 0. The first kappa shape index (κ1) is 10.4. The predicted molar refractivity (Wildman–Crippen MR) is 62.7 cm³/mol. The maximum Gasteiger partial charge on any atom is 0.195 e. The summed E-state index contributed by atoms with van der Waals surface area (Å²) in [6.07, 6.45) is 3.74. The standard InChI is InChI=1S/C11H15N3S/c1-8-12-5-6-14(8)10-13-9(7-15-10)11(2,3)4/h5-7H,1-4H3. The minimum atomic E-state index is 0.114. The maximum atomic E-state index is 4.63. The molecule has 0 aliphatic rings. The Labute approximate surface area is 93.8 Å². The van der Waals surface area contributed by atoms with Crippen LogP contribution in [-0.4, -0.2) is 14.5 Å². The quantitative estimate of drug-likeness (QED) is 0.741. The average molecular weight is 221 g/mol. The lowest BCUT2D eigenvalue weighted by molar-refractivity contribution is 0.572. The van der Waals surface area contributed by atoms with Crippen LogP contribution in [0.4, 0.5) is 0 Å². The van der Waals surface area contributed by atoms with Crippen LogP contribution in [0.5, 0.6) is 0 Å². The fourth-order valence-electron chi connectivity index (χ4n) is 1.30. The summed E-state index contributed by atoms with van der Waals surface area (Å²) >= 11 is 1.66. The van der Waals surface area contributed by atoms with Gasteiger partial charge in [0.25, 0.3) is 0 Å². The Hall–Kier alpha value is -1.16. The van der Waals surface area contributed by atoms with Crippen molar-refractivity contribution in [3.63, 3.8) is 0 Å². The Bertz CT molecular complexity index is 462. The molecule has 2 heterocycles. The summed E-state index contributed by atoms with van der Waals surface area (Å²) in [4.78, 5) is 8.82. The molecule has 80 valence electrons. The molecule has 0 spiro atoms. The number of aromatic nitrogens is 3. The maximum absolute atomic E-state index is 4.63. The van der Waals surface area contributed by atoms with Gasteiger partial charge in [-0.2, -0.15) is 0 Å². The van der Waals surface area contributed by atoms with Crippen LogP contribution in [0.3, 0.4) is 0 Å². The highest BCUT2D eigenvalue weighted by Crippen LogP contribution is 2.25. The molecule has 0 bridgehead atoms. The van der Waals surface area contributed by atoms with Crippen molar-refractivity contribution in [1.82, 2.24) is 14.5 Å². The zero-order valence-electron chi connectivity index (χ0n) is 9.48. The number of aryl methyl sites for hydroxylation is 1. The summed E-state index contributed by atoms with van der Waals surface area (Å²) in [5.41, 5.74) is 1.25. The Morgan fingerprint density at radius 2 is 2.07 bits per heavy atom. The minimum Gasteiger partial charge on any atom is -0.279 e. The third kappa shape index (κ3) is 1.95. The van der Waals surface area contributed by atoms with Gasteiger partial charge in [0.1, 0.15) is 5.82 Å². The fourth-order valence-corrected chi connectivity index (χ4v) is 2.38. The molecule has 15 heavy (non-hydrogen) atoms. The van der Waals surface area contributed by atoms with E-state index in [1.165, 1.54) is 0 Å². The number of hydrogen-bond donors (Lipinski definition) is 0. The Kier molecular flexibility index (Phi) is 2.38. The predicted octanol–water partition coefficient (Wildman–Crippen LogP) is 2.93. The summed E-state index contributed by atoms with van der Waals surface area (Å²) in [5.74, 6) is 0.977. The van der Waals surface area contributed by atoms with Crippen molar-refractivity contribution in [2.75, 3.05) is 0 Å². The molecule has 3 nitrogen and oxygen atoms in total. The molecule has 0 aliphatic heterocycles. The van der Waals surface area contributed by atoms with Crippen molar-refractivity contribution in [1.29, 1.82) is 0 Å². The molecule has 0 unspecified atom stereocenters. The molecule has 2 aromatic heterocycles. The third-order valence-corrected chi connectivity index (χ3v) is 3.13. The third-order valence-electron chi connectivity index (χ3n) is 2.29. The van der Waals surface area contributed by atoms with Crippen molar-refractivity contribution in [3.05, 3.63) is 29.3 Å². The monoisotopic (exact) mass is 221 g/mol. The van der Waals surface area contributed by atoms with Crippen molar-refractivity contribution in [3.8, 4) is 5.13 Å². The molecule has 0 amide bonds. The highest BCUT2D eigenvalue weighted by atomic mass is 32.1. The molecular weight excluding hydrogens is 206 g/mol. The Morgan fingerprint density at radius 3 is 2.53 bits per heavy atom. The van der Waals surface area contributed by atoms with Gasteiger partial charge in [-0.25, -0.2) is 9.97 Å². The van der Waals surface area contributed by atoms with Crippen LogP contribution in [0.2, 0.25) is 0 Å². The summed E-state index contributed by atoms with van der Waals surface area (Å²) in [5, 5.41) is 3.12. The first-order chi connectivity index (χ1) is 6.98. The molecule has 0 radical (unpaired) electrons. The van der Waals surface area contributed by atoms with E-state index in [9.17, 15) is 0 Å². The van der Waals surface area contributed by atoms with Gasteiger partial charge in [-0.1, -0.05) is 20.8 Å². The zero-order chi connectivity index (χ0) is 11.1. The van der Waals surface area contributed by atoms with E-state index in [2.05, 4.69) is 36.1 Å². The van der Waals surface area contributed by atoms with Crippen molar-refractivity contribution >= 4 is 11.3 Å². The molecular formula is C11H15N3S. The number of imidazole rings is 1. The Morgan fingerprint density at radius 1 is 1.33 bits per heavy atom. The SMILES string of the molecule is Cc1nccn1-c1nc(C(C)(C)C)cs1. The molecule has 0 N–H and O–H groups in total. The van der Waals surface area contributed by atoms with Gasteiger partial charge < -0.3 is 0 Å². The number of thiazole rings is 1. The van der Waals surface area contributed by atoms with Crippen LogP contribution in [-0.2, 0) is 5.41 Å². The van der Waals surface area contributed by atoms with Crippen LogP contribution in [0.25, 0.3) is 5.13 Å². The van der Waals surface area contributed by atoms with E-state index >= 15 is 0 Å². The minimum absolute atomic E-state index is 0.114. The van der Waals surface area contributed by atoms with Crippen LogP contribution in [0, 0.1) is 6.92 Å². The van der Waals surface area contributed by atoms with E-state index in [0.717, 1.165) is 16.6 Å². The lowest BCUT2D eigenvalue weighted by atomic mass is 9.93. The number of rotatable bonds is 1. The first-order valence-corrected chi connectivity index (χ1v) is 5.83. The zero-order valence-corrected chi connectivity index (χ0v) is 10.3. The number of nitrogens with zero attached hydrogens (tertiary/aromatic N) is 3. The fraction of sp³-hybridized carbons (Fsp3) is 0.455. The molecule has 0 fully saturated rings. The van der Waals surface area contributed by atoms with Gasteiger partial charge in [-0.05, 0) is 6.92 Å². The molecule has 2 rings (SSSR count). The topological polar surface area (TPSA) is 30.7 Å². The van der Waals surface area contributed by atoms with E-state index in [4.69, 9.17) is 0 Å². The molecule has 0 saturated carbocycles. The van der Waals surface area contributed by atoms with Crippen molar-refractivity contribution in [2.45, 2.75) is 33.1 Å². The van der Waals surface area contributed by atoms with Gasteiger partial charge in [0.05, 0.1) is 5.69 Å². The van der Waals surface area contributed by atoms with E-state index in [-0.39, 0.29) is 5.41 Å². The van der Waals surface area contributed by atoms with Gasteiger partial charge in [0, 0.05) is 23.2 Å². The van der Waals surface area contributed by atoms with Gasteiger partial charge in [-0.15, -0.1) is 11.3 Å². The average Bonchev–Trinajstić information content (AvgIpc) is 2.69. The van der Waals surface area contributed by atoms with Crippen LogP contribution in [0.1, 0.15) is 32.3 Å². The van der Waals surface area contributed by atoms with Gasteiger partial charge in [0.15, 0.2) is 5.13 Å². The number of hydrogen-bond acceptors (Lipinski definition) is 3. The second-order valence-corrected chi connectivity index (χ2v) is 5.45. The van der Waals surface area contributed by atoms with E-state index < -0.39 is 0 Å². The second-order valence-electron chi connectivity index (χ2n) is 4.61. The first-order valence-electron chi connectivity index (χ1n) is 4.95. The van der Waals surface area contributed by atoms with E-state index in [1.54, 1.807) is 17.5 Å². The molecule has 4 heteroatoms. The second kappa shape index (κ2) is 3.45. The molecule has 0 atom stereocenters. The lowest BCUT2D eigenvalue weighted by Crippen LogP contribution is -2.11. The van der Waals surface area contributed by atoms with Crippen LogP contribution < -0.4 is 0 Å².